The van der Waals surface area contributed by atoms with Gasteiger partial charge in [-0.3, -0.25) is 0 Å². The lowest BCUT2D eigenvalue weighted by molar-refractivity contribution is 0.104. The molecular formula is C14H29N3O. The summed E-state index contributed by atoms with van der Waals surface area (Å²) < 4.78 is 0. The summed E-state index contributed by atoms with van der Waals surface area (Å²) in [6, 6.07) is 0.693. The van der Waals surface area contributed by atoms with Gasteiger partial charge in [-0.05, 0) is 58.8 Å². The molecule has 1 aliphatic heterocycles. The van der Waals surface area contributed by atoms with Crippen molar-refractivity contribution in [2.45, 2.75) is 37.8 Å². The molecule has 0 aromatic rings. The van der Waals surface area contributed by atoms with Crippen LogP contribution in [0.3, 0.4) is 0 Å². The van der Waals surface area contributed by atoms with Crippen LogP contribution in [0.15, 0.2) is 0 Å². The van der Waals surface area contributed by atoms with Gasteiger partial charge in [0.2, 0.25) is 0 Å². The van der Waals surface area contributed by atoms with E-state index in [0.717, 1.165) is 25.6 Å². The third kappa shape index (κ3) is 5.22. The van der Waals surface area contributed by atoms with Crippen LogP contribution >= 0.6 is 0 Å². The van der Waals surface area contributed by atoms with Gasteiger partial charge in [-0.25, -0.2) is 0 Å². The second-order valence-electron chi connectivity index (χ2n) is 6.30. The van der Waals surface area contributed by atoms with E-state index < -0.39 is 0 Å². The molecule has 0 aromatic carbocycles. The van der Waals surface area contributed by atoms with E-state index in [0.29, 0.717) is 6.04 Å². The minimum atomic E-state index is -0.220. The number of nitrogens with one attached hydrogen (secondary N) is 1. The topological polar surface area (TPSA) is 38.7 Å². The molecule has 4 heteroatoms. The summed E-state index contributed by atoms with van der Waals surface area (Å²) in [5.74, 6) is 0.815. The molecule has 1 unspecified atom stereocenters. The van der Waals surface area contributed by atoms with Crippen molar-refractivity contribution in [3.8, 4) is 0 Å². The molecular weight excluding hydrogens is 226 g/mol. The van der Waals surface area contributed by atoms with E-state index in [4.69, 9.17) is 0 Å². The summed E-state index contributed by atoms with van der Waals surface area (Å²) >= 11 is 0. The average molecular weight is 255 g/mol. The molecule has 0 aromatic heterocycles. The smallest absolute Gasteiger partial charge is 0.0791 e. The second kappa shape index (κ2) is 6.85. The first-order chi connectivity index (χ1) is 8.63. The van der Waals surface area contributed by atoms with Crippen LogP contribution in [-0.4, -0.2) is 73.9 Å². The quantitative estimate of drug-likeness (QED) is 0.689. The van der Waals surface area contributed by atoms with Gasteiger partial charge in [0.25, 0.3) is 0 Å². The maximum atomic E-state index is 9.96. The Bertz CT molecular complexity index is 237. The van der Waals surface area contributed by atoms with E-state index >= 15 is 0 Å². The van der Waals surface area contributed by atoms with Crippen molar-refractivity contribution in [1.29, 1.82) is 0 Å². The Hall–Kier alpha value is -0.160. The zero-order valence-corrected chi connectivity index (χ0v) is 11.9. The lowest BCUT2D eigenvalue weighted by Gasteiger charge is -2.32. The molecule has 0 amide bonds. The number of piperidine rings is 1. The molecule has 2 fully saturated rings. The molecule has 0 spiro atoms. The third-order valence-corrected chi connectivity index (χ3v) is 4.15. The van der Waals surface area contributed by atoms with E-state index in [1.165, 1.54) is 38.8 Å². The normalized spacial score (nSPS) is 24.7. The van der Waals surface area contributed by atoms with Gasteiger partial charge in [-0.2, -0.15) is 0 Å². The summed E-state index contributed by atoms with van der Waals surface area (Å²) in [5.41, 5.74) is 0. The van der Waals surface area contributed by atoms with E-state index in [1.807, 2.05) is 0 Å². The Morgan fingerprint density at radius 2 is 1.94 bits per heavy atom. The molecule has 2 N–H and O–H groups in total. The lowest BCUT2D eigenvalue weighted by atomic mass is 9.96. The summed E-state index contributed by atoms with van der Waals surface area (Å²) in [6.07, 6.45) is 4.96. The van der Waals surface area contributed by atoms with Crippen LogP contribution in [0, 0.1) is 5.92 Å². The monoisotopic (exact) mass is 255 g/mol. The van der Waals surface area contributed by atoms with Crippen molar-refractivity contribution in [3.05, 3.63) is 0 Å². The standard InChI is InChI=1S/C14H29N3O/c1-16-7-5-12(6-8-16)10-17(2)11-14(18)9-15-13-3-4-13/h12-15,18H,3-11H2,1-2H3. The maximum absolute atomic E-state index is 9.96. The van der Waals surface area contributed by atoms with Gasteiger partial charge >= 0.3 is 0 Å². The fourth-order valence-corrected chi connectivity index (χ4v) is 2.77. The molecule has 2 aliphatic rings. The molecule has 1 aliphatic carbocycles. The predicted molar refractivity (Wildman–Crippen MR) is 74.7 cm³/mol. The third-order valence-electron chi connectivity index (χ3n) is 4.15. The molecule has 0 radical (unpaired) electrons. The molecule has 106 valence electrons. The minimum absolute atomic E-state index is 0.220. The molecule has 1 saturated carbocycles. The van der Waals surface area contributed by atoms with Crippen LogP contribution in [0.1, 0.15) is 25.7 Å². The van der Waals surface area contributed by atoms with E-state index in [-0.39, 0.29) is 6.10 Å². The van der Waals surface area contributed by atoms with E-state index in [1.54, 1.807) is 0 Å². The fraction of sp³-hybridized carbons (Fsp3) is 1.00. The number of hydrogen-bond acceptors (Lipinski definition) is 4. The maximum Gasteiger partial charge on any atom is 0.0791 e. The van der Waals surface area contributed by atoms with Crippen LogP contribution in [0.5, 0.6) is 0 Å². The molecule has 0 bridgehead atoms. The Balaban J connectivity index is 1.56. The fourth-order valence-electron chi connectivity index (χ4n) is 2.77. The van der Waals surface area contributed by atoms with Gasteiger partial charge < -0.3 is 20.2 Å². The number of likely N-dealkylation sites (N-methyl/N-ethyl adjacent to an activating group) is 1. The highest BCUT2D eigenvalue weighted by Crippen LogP contribution is 2.19. The van der Waals surface area contributed by atoms with Crippen molar-refractivity contribution >= 4 is 0 Å². The molecule has 1 heterocycles. The molecule has 2 rings (SSSR count). The molecule has 1 saturated heterocycles. The summed E-state index contributed by atoms with van der Waals surface area (Å²) in [7, 11) is 4.34. The number of nitrogens with zero attached hydrogens (tertiary/aromatic N) is 2. The highest BCUT2D eigenvalue weighted by Gasteiger charge is 2.22. The summed E-state index contributed by atoms with van der Waals surface area (Å²) in [4.78, 5) is 4.71. The summed E-state index contributed by atoms with van der Waals surface area (Å²) in [6.45, 7) is 5.14. The first kappa shape index (κ1) is 14.3. The molecule has 4 nitrogen and oxygen atoms in total. The highest BCUT2D eigenvalue weighted by atomic mass is 16.3. The van der Waals surface area contributed by atoms with Crippen LogP contribution in [0.4, 0.5) is 0 Å². The second-order valence-corrected chi connectivity index (χ2v) is 6.30. The van der Waals surface area contributed by atoms with Crippen molar-refractivity contribution < 1.29 is 5.11 Å². The number of aliphatic hydroxyl groups is 1. The molecule has 18 heavy (non-hydrogen) atoms. The highest BCUT2D eigenvalue weighted by molar-refractivity contribution is 4.82. The Labute approximate surface area is 111 Å². The number of hydrogen-bond donors (Lipinski definition) is 2. The Morgan fingerprint density at radius 1 is 1.28 bits per heavy atom. The van der Waals surface area contributed by atoms with Crippen LogP contribution < -0.4 is 5.32 Å². The van der Waals surface area contributed by atoms with Crippen molar-refractivity contribution in [2.24, 2.45) is 5.92 Å². The molecule has 1 atom stereocenters. The van der Waals surface area contributed by atoms with E-state index in [2.05, 4.69) is 29.2 Å². The van der Waals surface area contributed by atoms with Gasteiger partial charge in [0.05, 0.1) is 6.10 Å². The lowest BCUT2D eigenvalue weighted by Crippen LogP contribution is -2.41. The van der Waals surface area contributed by atoms with Crippen molar-refractivity contribution in [2.75, 3.05) is 46.8 Å². The van der Waals surface area contributed by atoms with Crippen LogP contribution in [0.2, 0.25) is 0 Å². The first-order valence-electron chi connectivity index (χ1n) is 7.42. The average Bonchev–Trinajstić information content (AvgIpc) is 3.13. The first-order valence-corrected chi connectivity index (χ1v) is 7.42. The number of aliphatic hydroxyl groups excluding tert-OH is 1. The zero-order chi connectivity index (χ0) is 13.0. The van der Waals surface area contributed by atoms with Crippen LogP contribution in [0.25, 0.3) is 0 Å². The van der Waals surface area contributed by atoms with Gasteiger partial charge in [0, 0.05) is 25.7 Å². The van der Waals surface area contributed by atoms with Crippen LogP contribution in [-0.2, 0) is 0 Å². The van der Waals surface area contributed by atoms with Gasteiger partial charge in [-0.15, -0.1) is 0 Å². The van der Waals surface area contributed by atoms with Crippen molar-refractivity contribution in [3.63, 3.8) is 0 Å². The number of rotatable bonds is 7. The Morgan fingerprint density at radius 3 is 2.56 bits per heavy atom. The zero-order valence-electron chi connectivity index (χ0n) is 11.9. The van der Waals surface area contributed by atoms with Crippen molar-refractivity contribution in [1.82, 2.24) is 15.1 Å². The minimum Gasteiger partial charge on any atom is -0.390 e. The van der Waals surface area contributed by atoms with E-state index in [9.17, 15) is 5.11 Å². The van der Waals surface area contributed by atoms with Gasteiger partial charge in [0.1, 0.15) is 0 Å². The van der Waals surface area contributed by atoms with Gasteiger partial charge in [-0.1, -0.05) is 0 Å². The summed E-state index contributed by atoms with van der Waals surface area (Å²) in [5, 5.41) is 13.3. The van der Waals surface area contributed by atoms with Gasteiger partial charge in [0.15, 0.2) is 0 Å². The largest absolute Gasteiger partial charge is 0.390 e. The predicted octanol–water partition coefficient (Wildman–Crippen LogP) is 0.373. The SMILES string of the molecule is CN1CCC(CN(C)CC(O)CNC2CC2)CC1. The Kier molecular flexibility index (Phi) is 5.42. The number of likely N-dealkylation sites (tertiary alicyclic amines) is 1.